The van der Waals surface area contributed by atoms with Gasteiger partial charge in [-0.3, -0.25) is 0 Å². The Labute approximate surface area is 106 Å². The molecular weight excluding hydrogens is 212 g/mol. The highest BCUT2D eigenvalue weighted by molar-refractivity contribution is 5.49. The van der Waals surface area contributed by atoms with Gasteiger partial charge in [0.25, 0.3) is 0 Å². The fourth-order valence-electron chi connectivity index (χ4n) is 2.27. The Hall–Kier alpha value is -0.410. The first-order valence-corrected chi connectivity index (χ1v) is 7.11. The molecule has 3 nitrogen and oxygen atoms in total. The lowest BCUT2D eigenvalue weighted by atomic mass is 9.85. The van der Waals surface area contributed by atoms with Crippen LogP contribution in [0.25, 0.3) is 0 Å². The van der Waals surface area contributed by atoms with Crippen LogP contribution in [0.5, 0.6) is 0 Å². The first kappa shape index (κ1) is 16.6. The molecule has 0 rings (SSSR count). The summed E-state index contributed by atoms with van der Waals surface area (Å²) in [6.45, 7) is 2.84. The minimum absolute atomic E-state index is 0.208. The minimum Gasteiger partial charge on any atom is -0.330 e. The van der Waals surface area contributed by atoms with Crippen LogP contribution in [-0.2, 0) is 4.79 Å². The summed E-state index contributed by atoms with van der Waals surface area (Å²) in [6.07, 6.45) is 11.8. The van der Waals surface area contributed by atoms with Gasteiger partial charge in [0.2, 0.25) is 0 Å². The lowest BCUT2D eigenvalue weighted by molar-refractivity contribution is -0.108. The minimum atomic E-state index is -0.208. The third kappa shape index (κ3) is 9.31. The highest BCUT2D eigenvalue weighted by Crippen LogP contribution is 2.21. The van der Waals surface area contributed by atoms with Crippen LogP contribution in [0.2, 0.25) is 0 Å². The van der Waals surface area contributed by atoms with Crippen LogP contribution < -0.4 is 11.5 Å². The number of hydrogen-bond donors (Lipinski definition) is 2. The Kier molecular flexibility index (Phi) is 10.5. The SMILES string of the molecule is CCCCCCCCC(N)(CCN)CCC=O. The van der Waals surface area contributed by atoms with Crippen LogP contribution in [0.1, 0.15) is 71.1 Å². The molecule has 1 unspecified atom stereocenters. The molecule has 0 spiro atoms. The van der Waals surface area contributed by atoms with Crippen molar-refractivity contribution < 1.29 is 4.79 Å². The topological polar surface area (TPSA) is 69.1 Å². The standard InChI is InChI=1S/C14H30N2O/c1-2-3-4-5-6-7-9-14(16,11-12-15)10-8-13-17/h13H,2-12,15-16H2,1H3. The Morgan fingerprint density at radius 3 is 2.24 bits per heavy atom. The molecule has 0 aromatic heterocycles. The summed E-state index contributed by atoms with van der Waals surface area (Å²) in [7, 11) is 0. The largest absolute Gasteiger partial charge is 0.330 e. The predicted molar refractivity (Wildman–Crippen MR) is 73.9 cm³/mol. The molecule has 3 heteroatoms. The van der Waals surface area contributed by atoms with Crippen molar-refractivity contribution in [2.75, 3.05) is 6.54 Å². The molecule has 0 aliphatic heterocycles. The zero-order valence-corrected chi connectivity index (χ0v) is 11.4. The highest BCUT2D eigenvalue weighted by Gasteiger charge is 2.22. The maximum atomic E-state index is 10.4. The van der Waals surface area contributed by atoms with Gasteiger partial charge in [-0.1, -0.05) is 45.4 Å². The van der Waals surface area contributed by atoms with E-state index in [0.29, 0.717) is 13.0 Å². The lowest BCUT2D eigenvalue weighted by Gasteiger charge is -2.28. The van der Waals surface area contributed by atoms with Crippen molar-refractivity contribution in [2.24, 2.45) is 11.5 Å². The van der Waals surface area contributed by atoms with Crippen molar-refractivity contribution in [3.63, 3.8) is 0 Å². The summed E-state index contributed by atoms with van der Waals surface area (Å²) >= 11 is 0. The summed E-state index contributed by atoms with van der Waals surface area (Å²) in [5.41, 5.74) is 11.7. The molecule has 0 aliphatic rings. The van der Waals surface area contributed by atoms with Crippen molar-refractivity contribution in [1.29, 1.82) is 0 Å². The summed E-state index contributed by atoms with van der Waals surface area (Å²) in [5.74, 6) is 0. The summed E-state index contributed by atoms with van der Waals surface area (Å²) < 4.78 is 0. The maximum Gasteiger partial charge on any atom is 0.120 e. The summed E-state index contributed by atoms with van der Waals surface area (Å²) in [6, 6.07) is 0. The highest BCUT2D eigenvalue weighted by atomic mass is 16.1. The first-order valence-electron chi connectivity index (χ1n) is 7.11. The molecule has 0 amide bonds. The van der Waals surface area contributed by atoms with Crippen LogP contribution >= 0.6 is 0 Å². The fourth-order valence-corrected chi connectivity index (χ4v) is 2.27. The number of carbonyl (C=O) groups excluding carboxylic acids is 1. The normalized spacial score (nSPS) is 14.5. The number of rotatable bonds is 12. The molecule has 0 aromatic rings. The van der Waals surface area contributed by atoms with Gasteiger partial charge in [0, 0.05) is 12.0 Å². The van der Waals surface area contributed by atoms with Gasteiger partial charge < -0.3 is 16.3 Å². The predicted octanol–water partition coefficient (Wildman–Crippen LogP) is 2.76. The average Bonchev–Trinajstić information content (AvgIpc) is 2.32. The number of aldehydes is 1. The van der Waals surface area contributed by atoms with Gasteiger partial charge in [-0.2, -0.15) is 0 Å². The van der Waals surface area contributed by atoms with Crippen molar-refractivity contribution in [3.05, 3.63) is 0 Å². The van der Waals surface area contributed by atoms with Gasteiger partial charge in [0.15, 0.2) is 0 Å². The molecule has 0 fully saturated rings. The second kappa shape index (κ2) is 10.7. The van der Waals surface area contributed by atoms with Crippen molar-refractivity contribution in [1.82, 2.24) is 0 Å². The van der Waals surface area contributed by atoms with Gasteiger partial charge in [-0.25, -0.2) is 0 Å². The second-order valence-electron chi connectivity index (χ2n) is 5.12. The van der Waals surface area contributed by atoms with Crippen LogP contribution in [0.15, 0.2) is 0 Å². The molecule has 0 saturated heterocycles. The van der Waals surface area contributed by atoms with Gasteiger partial charge in [-0.05, 0) is 25.8 Å². The number of carbonyl (C=O) groups is 1. The van der Waals surface area contributed by atoms with Crippen molar-refractivity contribution in [3.8, 4) is 0 Å². The average molecular weight is 242 g/mol. The Bertz CT molecular complexity index is 185. The van der Waals surface area contributed by atoms with E-state index in [1.165, 1.54) is 38.5 Å². The van der Waals surface area contributed by atoms with Gasteiger partial charge >= 0.3 is 0 Å². The number of hydrogen-bond acceptors (Lipinski definition) is 3. The van der Waals surface area contributed by atoms with Gasteiger partial charge in [-0.15, -0.1) is 0 Å². The van der Waals surface area contributed by atoms with Crippen LogP contribution in [0.4, 0.5) is 0 Å². The molecule has 4 N–H and O–H groups in total. The zero-order valence-electron chi connectivity index (χ0n) is 11.4. The molecule has 17 heavy (non-hydrogen) atoms. The zero-order chi connectivity index (χ0) is 13.0. The molecule has 0 aromatic carbocycles. The maximum absolute atomic E-state index is 10.4. The summed E-state index contributed by atoms with van der Waals surface area (Å²) in [5, 5.41) is 0. The molecule has 0 saturated carbocycles. The van der Waals surface area contributed by atoms with Crippen molar-refractivity contribution in [2.45, 2.75) is 76.7 Å². The van der Waals surface area contributed by atoms with E-state index in [1.54, 1.807) is 0 Å². The van der Waals surface area contributed by atoms with Crippen molar-refractivity contribution >= 4 is 6.29 Å². The Balaban J connectivity index is 3.71. The molecular formula is C14H30N2O. The van der Waals surface area contributed by atoms with E-state index < -0.39 is 0 Å². The molecule has 102 valence electrons. The van der Waals surface area contributed by atoms with E-state index in [9.17, 15) is 4.79 Å². The third-order valence-corrected chi connectivity index (χ3v) is 3.43. The Morgan fingerprint density at radius 2 is 1.65 bits per heavy atom. The van der Waals surface area contributed by atoms with Gasteiger partial charge in [0.1, 0.15) is 6.29 Å². The second-order valence-corrected chi connectivity index (χ2v) is 5.12. The smallest absolute Gasteiger partial charge is 0.120 e. The molecule has 0 radical (unpaired) electrons. The quantitative estimate of drug-likeness (QED) is 0.408. The lowest BCUT2D eigenvalue weighted by Crippen LogP contribution is -2.41. The molecule has 0 heterocycles. The van der Waals surface area contributed by atoms with E-state index >= 15 is 0 Å². The fraction of sp³-hybridized carbons (Fsp3) is 0.929. The van der Waals surface area contributed by atoms with Crippen LogP contribution in [-0.4, -0.2) is 18.4 Å². The number of nitrogens with two attached hydrogens (primary N) is 2. The molecule has 0 bridgehead atoms. The Morgan fingerprint density at radius 1 is 1.00 bits per heavy atom. The van der Waals surface area contributed by atoms with Crippen LogP contribution in [0.3, 0.4) is 0 Å². The van der Waals surface area contributed by atoms with E-state index in [1.807, 2.05) is 0 Å². The monoisotopic (exact) mass is 242 g/mol. The van der Waals surface area contributed by atoms with E-state index in [4.69, 9.17) is 11.5 Å². The first-order chi connectivity index (χ1) is 8.18. The van der Waals surface area contributed by atoms with E-state index in [-0.39, 0.29) is 5.54 Å². The third-order valence-electron chi connectivity index (χ3n) is 3.43. The van der Waals surface area contributed by atoms with E-state index in [2.05, 4.69) is 6.92 Å². The number of unbranched alkanes of at least 4 members (excludes halogenated alkanes) is 5. The summed E-state index contributed by atoms with van der Waals surface area (Å²) in [4.78, 5) is 10.4. The van der Waals surface area contributed by atoms with Gasteiger partial charge in [0.05, 0.1) is 0 Å². The molecule has 0 aliphatic carbocycles. The van der Waals surface area contributed by atoms with Crippen LogP contribution in [0, 0.1) is 0 Å². The van der Waals surface area contributed by atoms with E-state index in [0.717, 1.165) is 25.5 Å². The molecule has 1 atom stereocenters.